The van der Waals surface area contributed by atoms with Gasteiger partial charge in [-0.15, -0.1) is 0 Å². The molecular formula is C17H21F2N3S. The normalized spacial score (nSPS) is 17.4. The Labute approximate surface area is 139 Å². The molecule has 1 aliphatic rings. The van der Waals surface area contributed by atoms with Crippen molar-refractivity contribution in [2.24, 2.45) is 0 Å². The summed E-state index contributed by atoms with van der Waals surface area (Å²) in [6.45, 7) is 4.02. The quantitative estimate of drug-likeness (QED) is 0.914. The maximum atomic E-state index is 14.0. The summed E-state index contributed by atoms with van der Waals surface area (Å²) in [5, 5.41) is 7.94. The van der Waals surface area contributed by atoms with Gasteiger partial charge in [0.15, 0.2) is 5.82 Å². The van der Waals surface area contributed by atoms with E-state index in [0.29, 0.717) is 6.04 Å². The van der Waals surface area contributed by atoms with E-state index in [1.807, 2.05) is 18.7 Å². The fourth-order valence-electron chi connectivity index (χ4n) is 3.05. The number of rotatable bonds is 4. The van der Waals surface area contributed by atoms with Gasteiger partial charge >= 0.3 is 0 Å². The molecule has 1 N–H and O–H groups in total. The summed E-state index contributed by atoms with van der Waals surface area (Å²) < 4.78 is 28.6. The summed E-state index contributed by atoms with van der Waals surface area (Å²) in [4.78, 5) is 0. The molecule has 6 heteroatoms. The summed E-state index contributed by atoms with van der Waals surface area (Å²) in [5.41, 5.74) is 2.20. The SMILES string of the molecule is Cc1c([C@H](C)NC2CCSCC2)cnn1-c1ccc(F)cc1F. The molecule has 2 aromatic rings. The Hall–Kier alpha value is -1.40. The van der Waals surface area contributed by atoms with Crippen LogP contribution in [0.3, 0.4) is 0 Å². The molecule has 0 spiro atoms. The van der Waals surface area contributed by atoms with Crippen molar-refractivity contribution in [1.29, 1.82) is 0 Å². The Balaban J connectivity index is 1.80. The van der Waals surface area contributed by atoms with Crippen LogP contribution in [0.4, 0.5) is 8.78 Å². The lowest BCUT2D eigenvalue weighted by molar-refractivity contribution is 0.430. The lowest BCUT2D eigenvalue weighted by Gasteiger charge is -2.26. The van der Waals surface area contributed by atoms with Crippen LogP contribution in [0, 0.1) is 18.6 Å². The Morgan fingerprint density at radius 2 is 2.04 bits per heavy atom. The molecule has 1 aliphatic heterocycles. The summed E-state index contributed by atoms with van der Waals surface area (Å²) >= 11 is 2.00. The van der Waals surface area contributed by atoms with Crippen LogP contribution in [0.5, 0.6) is 0 Å². The first-order valence-electron chi connectivity index (χ1n) is 7.90. The average Bonchev–Trinajstić information content (AvgIpc) is 2.90. The number of aromatic nitrogens is 2. The zero-order valence-corrected chi connectivity index (χ0v) is 14.2. The number of hydrogen-bond acceptors (Lipinski definition) is 3. The fourth-order valence-corrected chi connectivity index (χ4v) is 4.16. The highest BCUT2D eigenvalue weighted by molar-refractivity contribution is 7.99. The van der Waals surface area contributed by atoms with Gasteiger partial charge in [0.1, 0.15) is 11.5 Å². The van der Waals surface area contributed by atoms with Gasteiger partial charge in [0.05, 0.1) is 6.20 Å². The molecule has 3 rings (SSSR count). The highest BCUT2D eigenvalue weighted by Crippen LogP contribution is 2.25. The Bertz CT molecular complexity index is 680. The van der Waals surface area contributed by atoms with E-state index in [-0.39, 0.29) is 11.7 Å². The summed E-state index contributed by atoms with van der Waals surface area (Å²) in [6, 6.07) is 4.24. The van der Waals surface area contributed by atoms with Crippen molar-refractivity contribution in [3.05, 3.63) is 47.3 Å². The van der Waals surface area contributed by atoms with E-state index < -0.39 is 11.6 Å². The monoisotopic (exact) mass is 337 g/mol. The van der Waals surface area contributed by atoms with Crippen LogP contribution >= 0.6 is 11.8 Å². The van der Waals surface area contributed by atoms with Gasteiger partial charge in [0.2, 0.25) is 0 Å². The van der Waals surface area contributed by atoms with Crippen molar-refractivity contribution in [3.8, 4) is 5.69 Å². The predicted molar refractivity (Wildman–Crippen MR) is 90.1 cm³/mol. The van der Waals surface area contributed by atoms with Gasteiger partial charge < -0.3 is 5.32 Å². The van der Waals surface area contributed by atoms with Crippen LogP contribution in [0.15, 0.2) is 24.4 Å². The number of benzene rings is 1. The zero-order chi connectivity index (χ0) is 16.4. The largest absolute Gasteiger partial charge is 0.307 e. The molecule has 1 atom stereocenters. The van der Waals surface area contributed by atoms with Gasteiger partial charge in [-0.3, -0.25) is 0 Å². The van der Waals surface area contributed by atoms with E-state index in [2.05, 4.69) is 17.3 Å². The molecular weight excluding hydrogens is 316 g/mol. The van der Waals surface area contributed by atoms with Crippen LogP contribution in [0.2, 0.25) is 0 Å². The molecule has 3 nitrogen and oxygen atoms in total. The molecule has 1 aromatic heterocycles. The minimum atomic E-state index is -0.604. The number of nitrogens with one attached hydrogen (secondary N) is 1. The second kappa shape index (κ2) is 7.01. The second-order valence-electron chi connectivity index (χ2n) is 5.97. The molecule has 0 saturated carbocycles. The van der Waals surface area contributed by atoms with Crippen LogP contribution < -0.4 is 5.32 Å². The van der Waals surface area contributed by atoms with Gasteiger partial charge in [-0.25, -0.2) is 13.5 Å². The van der Waals surface area contributed by atoms with Gasteiger partial charge in [-0.05, 0) is 50.3 Å². The van der Waals surface area contributed by atoms with Crippen LogP contribution in [-0.4, -0.2) is 27.3 Å². The number of thioether (sulfide) groups is 1. The van der Waals surface area contributed by atoms with Gasteiger partial charge in [-0.1, -0.05) is 0 Å². The molecule has 2 heterocycles. The van der Waals surface area contributed by atoms with Crippen molar-refractivity contribution < 1.29 is 8.78 Å². The van der Waals surface area contributed by atoms with E-state index >= 15 is 0 Å². The van der Waals surface area contributed by atoms with E-state index in [0.717, 1.165) is 17.3 Å². The minimum absolute atomic E-state index is 0.153. The lowest BCUT2D eigenvalue weighted by atomic mass is 10.1. The highest BCUT2D eigenvalue weighted by atomic mass is 32.2. The molecule has 124 valence electrons. The van der Waals surface area contributed by atoms with Crippen LogP contribution in [0.25, 0.3) is 5.69 Å². The molecule has 0 amide bonds. The lowest BCUT2D eigenvalue weighted by Crippen LogP contribution is -2.34. The molecule has 1 fully saturated rings. The molecule has 23 heavy (non-hydrogen) atoms. The van der Waals surface area contributed by atoms with E-state index in [1.165, 1.54) is 36.5 Å². The number of hydrogen-bond donors (Lipinski definition) is 1. The first-order chi connectivity index (χ1) is 11.1. The van der Waals surface area contributed by atoms with Crippen LogP contribution in [0.1, 0.15) is 37.1 Å². The van der Waals surface area contributed by atoms with Crippen molar-refractivity contribution >= 4 is 11.8 Å². The van der Waals surface area contributed by atoms with Gasteiger partial charge in [0.25, 0.3) is 0 Å². The standard InChI is InChI=1S/C17H21F2N3S/c1-11(21-14-5-7-23-8-6-14)15-10-20-22(12(15)2)17-4-3-13(18)9-16(17)19/h3-4,9-11,14,21H,5-8H2,1-2H3/t11-/m0/s1. The maximum Gasteiger partial charge on any atom is 0.151 e. The first kappa shape index (κ1) is 16.5. The summed E-state index contributed by atoms with van der Waals surface area (Å²) in [5.74, 6) is 1.21. The van der Waals surface area contributed by atoms with Crippen LogP contribution in [-0.2, 0) is 0 Å². The third kappa shape index (κ3) is 3.58. The van der Waals surface area contributed by atoms with Gasteiger partial charge in [-0.2, -0.15) is 16.9 Å². The third-order valence-corrected chi connectivity index (χ3v) is 5.41. The topological polar surface area (TPSA) is 29.9 Å². The Morgan fingerprint density at radius 1 is 1.30 bits per heavy atom. The van der Waals surface area contributed by atoms with Crippen molar-refractivity contribution in [1.82, 2.24) is 15.1 Å². The average molecular weight is 337 g/mol. The predicted octanol–water partition coefficient (Wildman–Crippen LogP) is 4.01. The number of halogens is 2. The first-order valence-corrected chi connectivity index (χ1v) is 9.05. The molecule has 1 aromatic carbocycles. The fraction of sp³-hybridized carbons (Fsp3) is 0.471. The Morgan fingerprint density at radius 3 is 2.74 bits per heavy atom. The molecule has 0 bridgehead atoms. The molecule has 0 radical (unpaired) electrons. The van der Waals surface area contributed by atoms with E-state index in [9.17, 15) is 8.78 Å². The van der Waals surface area contributed by atoms with Crippen molar-refractivity contribution in [2.75, 3.05) is 11.5 Å². The minimum Gasteiger partial charge on any atom is -0.307 e. The smallest absolute Gasteiger partial charge is 0.151 e. The maximum absolute atomic E-state index is 14.0. The third-order valence-electron chi connectivity index (χ3n) is 4.36. The second-order valence-corrected chi connectivity index (χ2v) is 7.19. The molecule has 0 aliphatic carbocycles. The highest BCUT2D eigenvalue weighted by Gasteiger charge is 2.20. The summed E-state index contributed by atoms with van der Waals surface area (Å²) in [6.07, 6.45) is 4.12. The van der Waals surface area contributed by atoms with E-state index in [4.69, 9.17) is 0 Å². The molecule has 0 unspecified atom stereocenters. The zero-order valence-electron chi connectivity index (χ0n) is 13.4. The molecule has 1 saturated heterocycles. The Kier molecular flexibility index (Phi) is 5.02. The van der Waals surface area contributed by atoms with Gasteiger partial charge in [0, 0.05) is 29.4 Å². The van der Waals surface area contributed by atoms with Crippen molar-refractivity contribution in [2.45, 2.75) is 38.8 Å². The summed E-state index contributed by atoms with van der Waals surface area (Å²) in [7, 11) is 0. The van der Waals surface area contributed by atoms with Crippen molar-refractivity contribution in [3.63, 3.8) is 0 Å². The van der Waals surface area contributed by atoms with E-state index in [1.54, 1.807) is 10.9 Å². The number of nitrogens with zero attached hydrogens (tertiary/aromatic N) is 2.